The Morgan fingerprint density at radius 1 is 1.24 bits per heavy atom. The molecular formula is C17H17NO3. The quantitative estimate of drug-likeness (QED) is 0.738. The first-order valence-electron chi connectivity index (χ1n) is 7.84. The van der Waals surface area contributed by atoms with Crippen LogP contribution in [0.4, 0.5) is 5.69 Å². The van der Waals surface area contributed by atoms with E-state index < -0.39 is 0 Å². The largest absolute Gasteiger partial charge is 0.462 e. The summed E-state index contributed by atoms with van der Waals surface area (Å²) in [7, 11) is 0. The van der Waals surface area contributed by atoms with Gasteiger partial charge in [-0.3, -0.25) is 9.59 Å². The minimum absolute atomic E-state index is 0.0995. The van der Waals surface area contributed by atoms with E-state index in [4.69, 9.17) is 4.74 Å². The summed E-state index contributed by atoms with van der Waals surface area (Å²) in [4.78, 5) is 27.0. The first-order valence-corrected chi connectivity index (χ1v) is 7.84. The number of hydrogen-bond donors (Lipinski definition) is 0. The molecule has 4 aliphatic rings. The number of rotatable bonds is 1. The number of esters is 1. The van der Waals surface area contributed by atoms with Crippen LogP contribution < -0.4 is 4.90 Å². The normalized spacial score (nSPS) is 38.8. The molecule has 1 aromatic rings. The molecule has 21 heavy (non-hydrogen) atoms. The Hall–Kier alpha value is -1.84. The average Bonchev–Trinajstić information content (AvgIpc) is 3.19. The number of anilines is 1. The van der Waals surface area contributed by atoms with Crippen LogP contribution in [0.5, 0.6) is 0 Å². The lowest BCUT2D eigenvalue weighted by Gasteiger charge is -2.28. The van der Waals surface area contributed by atoms with Crippen LogP contribution >= 0.6 is 0 Å². The molecule has 1 amide bonds. The highest BCUT2D eigenvalue weighted by molar-refractivity contribution is 6.00. The molecule has 2 bridgehead atoms. The molecule has 0 radical (unpaired) electrons. The van der Waals surface area contributed by atoms with Crippen LogP contribution in [0.15, 0.2) is 24.3 Å². The summed E-state index contributed by atoms with van der Waals surface area (Å²) >= 11 is 0. The monoisotopic (exact) mass is 283 g/mol. The summed E-state index contributed by atoms with van der Waals surface area (Å²) in [6.45, 7) is 0.747. The Morgan fingerprint density at radius 2 is 2.10 bits per heavy atom. The van der Waals surface area contributed by atoms with E-state index in [9.17, 15) is 9.59 Å². The number of ether oxygens (including phenoxy) is 1. The van der Waals surface area contributed by atoms with E-state index in [0.29, 0.717) is 11.8 Å². The maximum Gasteiger partial charge on any atom is 0.310 e. The average molecular weight is 283 g/mol. The van der Waals surface area contributed by atoms with Gasteiger partial charge in [0.05, 0.1) is 11.8 Å². The Labute approximate surface area is 123 Å². The SMILES string of the molecule is O=C1O[C@@H]2C[C@@H]3C[C@@H]2[C@H]1[C@H]3C(=O)N1CCc2ccccc21. The van der Waals surface area contributed by atoms with Gasteiger partial charge in [0.15, 0.2) is 0 Å². The highest BCUT2D eigenvalue weighted by Crippen LogP contribution is 2.58. The number of para-hydroxylation sites is 1. The maximum absolute atomic E-state index is 13.1. The Kier molecular flexibility index (Phi) is 2.17. The fourth-order valence-electron chi connectivity index (χ4n) is 5.09. The van der Waals surface area contributed by atoms with Crippen LogP contribution in [0, 0.1) is 23.7 Å². The zero-order valence-electron chi connectivity index (χ0n) is 11.7. The number of hydrogen-bond acceptors (Lipinski definition) is 3. The molecule has 0 aromatic heterocycles. The number of carbonyl (C=O) groups excluding carboxylic acids is 2. The standard InChI is InChI=1S/C17H17NO3/c19-16(18-6-5-9-3-1-2-4-12(9)18)14-10-7-11-13(8-10)21-17(20)15(11)14/h1-4,10-11,13-15H,5-8H2/t10-,11-,13+,14-,15-/m0/s1. The number of nitrogens with zero attached hydrogens (tertiary/aromatic N) is 1. The smallest absolute Gasteiger partial charge is 0.310 e. The molecule has 2 aliphatic carbocycles. The second kappa shape index (κ2) is 3.87. The van der Waals surface area contributed by atoms with Crippen molar-refractivity contribution in [3.05, 3.63) is 29.8 Å². The summed E-state index contributed by atoms with van der Waals surface area (Å²) in [6, 6.07) is 8.10. The van der Waals surface area contributed by atoms with Crippen LogP contribution in [0.1, 0.15) is 18.4 Å². The third kappa shape index (κ3) is 1.40. The molecule has 2 aliphatic heterocycles. The van der Waals surface area contributed by atoms with Crippen molar-refractivity contribution in [3.8, 4) is 0 Å². The van der Waals surface area contributed by atoms with E-state index in [1.165, 1.54) is 5.56 Å². The molecule has 4 heteroatoms. The van der Waals surface area contributed by atoms with E-state index in [-0.39, 0.29) is 29.8 Å². The Morgan fingerprint density at radius 3 is 3.00 bits per heavy atom. The van der Waals surface area contributed by atoms with Crippen LogP contribution in [0.2, 0.25) is 0 Å². The minimum Gasteiger partial charge on any atom is -0.462 e. The molecular weight excluding hydrogens is 266 g/mol. The molecule has 3 fully saturated rings. The Balaban J connectivity index is 1.49. The van der Waals surface area contributed by atoms with Gasteiger partial charge >= 0.3 is 5.97 Å². The molecule has 1 saturated heterocycles. The third-order valence-corrected chi connectivity index (χ3v) is 5.92. The molecule has 0 unspecified atom stereocenters. The first-order chi connectivity index (χ1) is 10.2. The number of amides is 1. The lowest BCUT2D eigenvalue weighted by atomic mass is 9.79. The third-order valence-electron chi connectivity index (χ3n) is 5.92. The molecule has 0 spiro atoms. The van der Waals surface area contributed by atoms with Crippen LogP contribution in [-0.4, -0.2) is 24.5 Å². The van der Waals surface area contributed by atoms with Gasteiger partial charge in [0, 0.05) is 18.2 Å². The van der Waals surface area contributed by atoms with Crippen molar-refractivity contribution >= 4 is 17.6 Å². The van der Waals surface area contributed by atoms with Gasteiger partial charge in [-0.1, -0.05) is 18.2 Å². The first kappa shape index (κ1) is 11.8. The van der Waals surface area contributed by atoms with E-state index in [1.807, 2.05) is 23.1 Å². The Bertz CT molecular complexity index is 653. The van der Waals surface area contributed by atoms with Crippen LogP contribution in [0.3, 0.4) is 0 Å². The van der Waals surface area contributed by atoms with Gasteiger partial charge in [-0.05, 0) is 36.8 Å². The highest BCUT2D eigenvalue weighted by atomic mass is 16.6. The number of fused-ring (bicyclic) bond motifs is 2. The van der Waals surface area contributed by atoms with Gasteiger partial charge in [-0.15, -0.1) is 0 Å². The van der Waals surface area contributed by atoms with Crippen LogP contribution in [0.25, 0.3) is 0 Å². The summed E-state index contributed by atoms with van der Waals surface area (Å²) in [5.74, 6) is 0.345. The van der Waals surface area contributed by atoms with E-state index in [2.05, 4.69) is 6.07 Å². The summed E-state index contributed by atoms with van der Waals surface area (Å²) in [6.07, 6.45) is 2.90. The summed E-state index contributed by atoms with van der Waals surface area (Å²) in [5, 5.41) is 0. The van der Waals surface area contributed by atoms with Gasteiger partial charge in [-0.2, -0.15) is 0 Å². The molecule has 108 valence electrons. The fraction of sp³-hybridized carbons (Fsp3) is 0.529. The maximum atomic E-state index is 13.1. The van der Waals surface area contributed by atoms with E-state index in [0.717, 1.165) is 31.5 Å². The molecule has 2 heterocycles. The van der Waals surface area contributed by atoms with E-state index >= 15 is 0 Å². The molecule has 1 aromatic carbocycles. The van der Waals surface area contributed by atoms with Gasteiger partial charge in [0.25, 0.3) is 0 Å². The number of carbonyl (C=O) groups is 2. The van der Waals surface area contributed by atoms with E-state index in [1.54, 1.807) is 0 Å². The van der Waals surface area contributed by atoms with Crippen molar-refractivity contribution in [1.82, 2.24) is 0 Å². The van der Waals surface area contributed by atoms with Crippen molar-refractivity contribution in [2.75, 3.05) is 11.4 Å². The van der Waals surface area contributed by atoms with Crippen LogP contribution in [-0.2, 0) is 20.7 Å². The topological polar surface area (TPSA) is 46.6 Å². The highest BCUT2D eigenvalue weighted by Gasteiger charge is 2.64. The second-order valence-electron chi connectivity index (χ2n) is 6.79. The molecule has 5 atom stereocenters. The fourth-order valence-corrected chi connectivity index (χ4v) is 5.09. The molecule has 0 N–H and O–H groups in total. The predicted octanol–water partition coefficient (Wildman–Crippen LogP) is 1.77. The summed E-state index contributed by atoms with van der Waals surface area (Å²) < 4.78 is 5.44. The van der Waals surface area contributed by atoms with Gasteiger partial charge in [-0.25, -0.2) is 0 Å². The molecule has 4 nitrogen and oxygen atoms in total. The second-order valence-corrected chi connectivity index (χ2v) is 6.79. The van der Waals surface area contributed by atoms with Crippen molar-refractivity contribution in [1.29, 1.82) is 0 Å². The van der Waals surface area contributed by atoms with Crippen molar-refractivity contribution in [2.24, 2.45) is 23.7 Å². The predicted molar refractivity (Wildman–Crippen MR) is 75.6 cm³/mol. The van der Waals surface area contributed by atoms with Gasteiger partial charge in [0.2, 0.25) is 5.91 Å². The lowest BCUT2D eigenvalue weighted by molar-refractivity contribution is -0.145. The summed E-state index contributed by atoms with van der Waals surface area (Å²) in [5.41, 5.74) is 2.27. The minimum atomic E-state index is -0.172. The molecule has 2 saturated carbocycles. The lowest BCUT2D eigenvalue weighted by Crippen LogP contribution is -2.42. The van der Waals surface area contributed by atoms with Crippen molar-refractivity contribution in [3.63, 3.8) is 0 Å². The molecule has 5 rings (SSSR count). The van der Waals surface area contributed by atoms with Gasteiger partial charge in [0.1, 0.15) is 6.10 Å². The zero-order chi connectivity index (χ0) is 14.1. The van der Waals surface area contributed by atoms with Crippen molar-refractivity contribution in [2.45, 2.75) is 25.4 Å². The number of benzene rings is 1. The zero-order valence-corrected chi connectivity index (χ0v) is 11.7. The van der Waals surface area contributed by atoms with Crippen molar-refractivity contribution < 1.29 is 14.3 Å². The van der Waals surface area contributed by atoms with Gasteiger partial charge < -0.3 is 9.64 Å².